The van der Waals surface area contributed by atoms with E-state index < -0.39 is 0 Å². The van der Waals surface area contributed by atoms with Crippen molar-refractivity contribution in [3.8, 4) is 56.7 Å². The van der Waals surface area contributed by atoms with E-state index in [1.54, 1.807) is 0 Å². The summed E-state index contributed by atoms with van der Waals surface area (Å²) in [5.74, 6) is 1.80. The Labute approximate surface area is 391 Å². The highest BCUT2D eigenvalue weighted by molar-refractivity contribution is 6.27. The summed E-state index contributed by atoms with van der Waals surface area (Å²) in [6.45, 7) is 0. The molecule has 11 aromatic carbocycles. The van der Waals surface area contributed by atoms with Gasteiger partial charge < -0.3 is 4.57 Å². The first-order valence-electron chi connectivity index (χ1n) is 23.1. The number of aromatic nitrogens is 5. The van der Waals surface area contributed by atoms with Gasteiger partial charge in [-0.25, -0.2) is 4.98 Å². The Morgan fingerprint density at radius 3 is 1.32 bits per heavy atom. The van der Waals surface area contributed by atoms with Gasteiger partial charge in [-0.3, -0.25) is 4.57 Å². The molecule has 5 nitrogen and oxygen atoms in total. The van der Waals surface area contributed by atoms with Crippen molar-refractivity contribution >= 4 is 75.9 Å². The molecule has 3 aromatic heterocycles. The normalized spacial score (nSPS) is 11.8. The number of hydrogen-bond donors (Lipinski definition) is 0. The lowest BCUT2D eigenvalue weighted by atomic mass is 9.92. The molecule has 68 heavy (non-hydrogen) atoms. The van der Waals surface area contributed by atoms with Gasteiger partial charge in [0.25, 0.3) is 0 Å². The molecule has 0 saturated carbocycles. The van der Waals surface area contributed by atoms with Crippen LogP contribution in [0.15, 0.2) is 237 Å². The lowest BCUT2D eigenvalue weighted by molar-refractivity contribution is 0.953. The largest absolute Gasteiger partial charge is 0.309 e. The molecule has 316 valence electrons. The van der Waals surface area contributed by atoms with Crippen LogP contribution in [0.1, 0.15) is 0 Å². The lowest BCUT2D eigenvalue weighted by Gasteiger charge is -2.13. The van der Waals surface area contributed by atoms with Crippen LogP contribution < -0.4 is 0 Å². The summed E-state index contributed by atoms with van der Waals surface area (Å²) in [4.78, 5) is 15.7. The maximum absolute atomic E-state index is 5.30. The van der Waals surface area contributed by atoms with Crippen molar-refractivity contribution in [3.05, 3.63) is 237 Å². The third-order valence-electron chi connectivity index (χ3n) is 13.8. The fourth-order valence-corrected chi connectivity index (χ4v) is 10.6. The first-order chi connectivity index (χ1) is 33.7. The molecule has 0 aliphatic heterocycles. The highest BCUT2D eigenvalue weighted by atomic mass is 15.2. The maximum Gasteiger partial charge on any atom is 0.238 e. The minimum absolute atomic E-state index is 0.565. The van der Waals surface area contributed by atoms with Crippen LogP contribution in [0.25, 0.3) is 133 Å². The summed E-state index contributed by atoms with van der Waals surface area (Å²) in [7, 11) is 0. The van der Waals surface area contributed by atoms with E-state index in [0.717, 1.165) is 60.8 Å². The van der Waals surface area contributed by atoms with E-state index in [4.69, 9.17) is 15.0 Å². The predicted octanol–water partition coefficient (Wildman–Crippen LogP) is 16.2. The second-order valence-corrected chi connectivity index (χ2v) is 17.6. The molecule has 0 fully saturated rings. The first kappa shape index (κ1) is 38.1. The number of benzene rings is 11. The Balaban J connectivity index is 0.957. The summed E-state index contributed by atoms with van der Waals surface area (Å²) in [5.41, 5.74) is 11.9. The van der Waals surface area contributed by atoms with Crippen LogP contribution in [0, 0.1) is 0 Å². The number of fused-ring (bicyclic) bond motifs is 13. The van der Waals surface area contributed by atoms with Crippen molar-refractivity contribution in [2.45, 2.75) is 0 Å². The molecule has 0 aliphatic carbocycles. The zero-order chi connectivity index (χ0) is 44.7. The van der Waals surface area contributed by atoms with Gasteiger partial charge in [0.2, 0.25) is 5.95 Å². The van der Waals surface area contributed by atoms with Crippen LogP contribution in [0.2, 0.25) is 0 Å². The second-order valence-electron chi connectivity index (χ2n) is 17.6. The molecule has 0 unspecified atom stereocenters. The average molecular weight is 866 g/mol. The van der Waals surface area contributed by atoms with Gasteiger partial charge in [0.15, 0.2) is 11.6 Å². The van der Waals surface area contributed by atoms with Crippen molar-refractivity contribution in [1.29, 1.82) is 0 Å². The van der Waals surface area contributed by atoms with Crippen LogP contribution in [0.3, 0.4) is 0 Å². The number of rotatable bonds is 6. The molecule has 0 amide bonds. The Hall–Kier alpha value is -9.19. The molecule has 0 radical (unpaired) electrons. The smallest absolute Gasteiger partial charge is 0.238 e. The maximum atomic E-state index is 5.30. The Morgan fingerprint density at radius 1 is 0.250 bits per heavy atom. The van der Waals surface area contributed by atoms with E-state index in [0.29, 0.717) is 17.6 Å². The Kier molecular flexibility index (Phi) is 8.52. The van der Waals surface area contributed by atoms with Gasteiger partial charge in [0, 0.05) is 38.4 Å². The van der Waals surface area contributed by atoms with E-state index >= 15 is 0 Å². The summed E-state index contributed by atoms with van der Waals surface area (Å²) in [6, 6.07) is 84.6. The molecule has 14 aromatic rings. The molecule has 14 rings (SSSR count). The standard InChI is InChI=1S/C63H39N5/c1-3-15-40(16-4-1)41-27-29-44(30-28-41)62-64-61(43-17-5-2-6-18-43)65-63(66-62)68-57-26-14-12-24-54(57)59-58(68)38-37-53-52-23-11-13-25-56(52)67(60(53)59)46-34-31-42(32-35-46)45-33-36-51-49-21-8-7-19-47(49)48-20-9-10-22-50(48)55(51)39-45/h1-39H. The summed E-state index contributed by atoms with van der Waals surface area (Å²) in [6.07, 6.45) is 0. The Morgan fingerprint density at radius 2 is 0.676 bits per heavy atom. The summed E-state index contributed by atoms with van der Waals surface area (Å²) < 4.78 is 4.66. The number of nitrogens with zero attached hydrogens (tertiary/aromatic N) is 5. The molecule has 0 bridgehead atoms. The molecular formula is C63H39N5. The van der Waals surface area contributed by atoms with Gasteiger partial charge >= 0.3 is 0 Å². The van der Waals surface area contributed by atoms with Gasteiger partial charge in [0.1, 0.15) is 0 Å². The van der Waals surface area contributed by atoms with Crippen LogP contribution >= 0.6 is 0 Å². The van der Waals surface area contributed by atoms with Crippen molar-refractivity contribution < 1.29 is 0 Å². The van der Waals surface area contributed by atoms with Gasteiger partial charge in [-0.2, -0.15) is 9.97 Å². The number of hydrogen-bond acceptors (Lipinski definition) is 3. The SMILES string of the molecule is c1ccc(-c2ccc(-c3nc(-c4ccccc4)nc(-n4c5ccccc5c5c4ccc4c6ccccc6n(-c6ccc(-c7ccc8c9ccccc9c9ccccc9c8c7)cc6)c45)n3)cc2)cc1. The molecule has 0 saturated heterocycles. The monoisotopic (exact) mass is 865 g/mol. The van der Waals surface area contributed by atoms with Crippen LogP contribution in [0.5, 0.6) is 0 Å². The third kappa shape index (κ3) is 5.93. The fourth-order valence-electron chi connectivity index (χ4n) is 10.6. The van der Waals surface area contributed by atoms with Gasteiger partial charge in [-0.05, 0) is 91.0 Å². The van der Waals surface area contributed by atoms with Crippen molar-refractivity contribution in [2.24, 2.45) is 0 Å². The molecular weight excluding hydrogens is 827 g/mol. The Bertz CT molecular complexity index is 4250. The lowest BCUT2D eigenvalue weighted by Crippen LogP contribution is -2.06. The van der Waals surface area contributed by atoms with Crippen LogP contribution in [-0.4, -0.2) is 24.1 Å². The van der Waals surface area contributed by atoms with Crippen molar-refractivity contribution in [1.82, 2.24) is 24.1 Å². The topological polar surface area (TPSA) is 48.5 Å². The van der Waals surface area contributed by atoms with Crippen molar-refractivity contribution in [3.63, 3.8) is 0 Å². The molecule has 0 spiro atoms. The minimum Gasteiger partial charge on any atom is -0.309 e. The average Bonchev–Trinajstić information content (AvgIpc) is 3.94. The molecule has 0 N–H and O–H groups in total. The first-order valence-corrected chi connectivity index (χ1v) is 23.1. The van der Waals surface area contributed by atoms with Gasteiger partial charge in [0.05, 0.1) is 22.1 Å². The quantitative estimate of drug-likeness (QED) is 0.156. The predicted molar refractivity (Wildman–Crippen MR) is 283 cm³/mol. The van der Waals surface area contributed by atoms with E-state index in [-0.39, 0.29) is 0 Å². The third-order valence-corrected chi connectivity index (χ3v) is 13.8. The zero-order valence-electron chi connectivity index (χ0n) is 36.8. The summed E-state index contributed by atoms with van der Waals surface area (Å²) >= 11 is 0. The van der Waals surface area contributed by atoms with Crippen molar-refractivity contribution in [2.75, 3.05) is 0 Å². The summed E-state index contributed by atoms with van der Waals surface area (Å²) in [5, 5.41) is 12.3. The highest BCUT2D eigenvalue weighted by Crippen LogP contribution is 2.43. The fraction of sp³-hybridized carbons (Fsp3) is 0. The molecule has 0 atom stereocenters. The molecule has 5 heteroatoms. The van der Waals surface area contributed by atoms with Crippen LogP contribution in [-0.2, 0) is 0 Å². The van der Waals surface area contributed by atoms with E-state index in [1.807, 2.05) is 24.3 Å². The molecule has 0 aliphatic rings. The second kappa shape index (κ2) is 15.2. The zero-order valence-corrected chi connectivity index (χ0v) is 36.8. The van der Waals surface area contributed by atoms with Gasteiger partial charge in [-0.15, -0.1) is 0 Å². The van der Waals surface area contributed by atoms with E-state index in [9.17, 15) is 0 Å². The molecule has 3 heterocycles. The number of para-hydroxylation sites is 2. The minimum atomic E-state index is 0.565. The van der Waals surface area contributed by atoms with E-state index in [1.165, 1.54) is 54.2 Å². The highest BCUT2D eigenvalue weighted by Gasteiger charge is 2.23. The van der Waals surface area contributed by atoms with Crippen LogP contribution in [0.4, 0.5) is 0 Å². The van der Waals surface area contributed by atoms with Gasteiger partial charge in [-0.1, -0.05) is 200 Å². The van der Waals surface area contributed by atoms with E-state index in [2.05, 4.69) is 221 Å².